The molecule has 158 valence electrons. The van der Waals surface area contributed by atoms with E-state index >= 15 is 0 Å². The van der Waals surface area contributed by atoms with E-state index in [0.29, 0.717) is 30.5 Å². The van der Waals surface area contributed by atoms with Crippen molar-refractivity contribution in [1.82, 2.24) is 19.9 Å². The van der Waals surface area contributed by atoms with Crippen LogP contribution in [0.15, 0.2) is 66.8 Å². The van der Waals surface area contributed by atoms with Crippen molar-refractivity contribution in [3.05, 3.63) is 77.9 Å². The minimum absolute atomic E-state index is 0.0904. The van der Waals surface area contributed by atoms with Crippen molar-refractivity contribution in [1.29, 1.82) is 0 Å². The number of nitrogens with one attached hydrogen (secondary N) is 1. The van der Waals surface area contributed by atoms with Gasteiger partial charge in [0.05, 0.1) is 11.9 Å². The minimum atomic E-state index is -0.0904. The molecular formula is C24H25N5O2. The Morgan fingerprint density at radius 3 is 2.77 bits per heavy atom. The third-order valence-electron chi connectivity index (χ3n) is 5.17. The van der Waals surface area contributed by atoms with Crippen molar-refractivity contribution in [2.45, 2.75) is 20.3 Å². The third-order valence-corrected chi connectivity index (χ3v) is 5.17. The van der Waals surface area contributed by atoms with Crippen LogP contribution in [0.5, 0.6) is 11.8 Å². The molecule has 1 aliphatic rings. The number of likely N-dealkylation sites (tertiary alicyclic amines) is 1. The van der Waals surface area contributed by atoms with Crippen LogP contribution in [0.1, 0.15) is 24.5 Å². The Morgan fingerprint density at radius 1 is 1.19 bits per heavy atom. The molecule has 1 atom stereocenters. The molecule has 4 rings (SSSR count). The second-order valence-corrected chi connectivity index (χ2v) is 7.71. The number of amides is 2. The van der Waals surface area contributed by atoms with Crippen LogP contribution < -0.4 is 10.1 Å². The van der Waals surface area contributed by atoms with Crippen LogP contribution in [0.4, 0.5) is 10.5 Å². The number of aromatic nitrogens is 3. The highest BCUT2D eigenvalue weighted by Crippen LogP contribution is 2.27. The summed E-state index contributed by atoms with van der Waals surface area (Å²) in [4.78, 5) is 26.8. The maximum Gasteiger partial charge on any atom is 0.321 e. The Morgan fingerprint density at radius 2 is 2.03 bits per heavy atom. The van der Waals surface area contributed by atoms with Crippen molar-refractivity contribution < 1.29 is 9.53 Å². The largest absolute Gasteiger partial charge is 0.424 e. The molecule has 7 nitrogen and oxygen atoms in total. The molecule has 31 heavy (non-hydrogen) atoms. The van der Waals surface area contributed by atoms with Crippen molar-refractivity contribution in [3.63, 3.8) is 0 Å². The monoisotopic (exact) mass is 415 g/mol. The van der Waals surface area contributed by atoms with Gasteiger partial charge < -0.3 is 15.0 Å². The number of anilines is 1. The SMILES string of the molecule is Cc1cnc(Oc2cccc(/C=C3\CCN(C(=O)Nc4cccnc4)CC3C)c2)nc1. The fraction of sp³-hybridized carbons (Fsp3) is 0.250. The maximum atomic E-state index is 12.6. The molecular weight excluding hydrogens is 390 g/mol. The lowest BCUT2D eigenvalue weighted by atomic mass is 9.91. The summed E-state index contributed by atoms with van der Waals surface area (Å²) in [6, 6.07) is 11.7. The van der Waals surface area contributed by atoms with Crippen LogP contribution in [0.2, 0.25) is 0 Å². The van der Waals surface area contributed by atoms with Gasteiger partial charge in [-0.25, -0.2) is 14.8 Å². The molecule has 3 heterocycles. The molecule has 2 amide bonds. The van der Waals surface area contributed by atoms with Crippen LogP contribution in [-0.2, 0) is 0 Å². The number of pyridine rings is 1. The first kappa shape index (κ1) is 20.5. The second kappa shape index (κ2) is 9.38. The average Bonchev–Trinajstić information content (AvgIpc) is 2.78. The van der Waals surface area contributed by atoms with Gasteiger partial charge in [-0.05, 0) is 54.7 Å². The molecule has 3 aromatic rings. The first-order valence-corrected chi connectivity index (χ1v) is 10.3. The van der Waals surface area contributed by atoms with Crippen molar-refractivity contribution in [3.8, 4) is 11.8 Å². The molecule has 0 spiro atoms. The Balaban J connectivity index is 1.39. The number of ether oxygens (including phenoxy) is 1. The van der Waals surface area contributed by atoms with Crippen LogP contribution >= 0.6 is 0 Å². The third kappa shape index (κ3) is 5.45. The van der Waals surface area contributed by atoms with E-state index < -0.39 is 0 Å². The fourth-order valence-corrected chi connectivity index (χ4v) is 3.51. The zero-order valence-corrected chi connectivity index (χ0v) is 17.7. The highest BCUT2D eigenvalue weighted by Gasteiger charge is 2.24. The van der Waals surface area contributed by atoms with E-state index in [4.69, 9.17) is 4.74 Å². The van der Waals surface area contributed by atoms with Gasteiger partial charge in [0.15, 0.2) is 0 Å². The number of hydrogen-bond donors (Lipinski definition) is 1. The fourth-order valence-electron chi connectivity index (χ4n) is 3.51. The second-order valence-electron chi connectivity index (χ2n) is 7.71. The number of urea groups is 1. The maximum absolute atomic E-state index is 12.6. The van der Waals surface area contributed by atoms with Gasteiger partial charge in [0, 0.05) is 31.7 Å². The van der Waals surface area contributed by atoms with E-state index in [0.717, 1.165) is 17.5 Å². The molecule has 0 radical (unpaired) electrons. The van der Waals surface area contributed by atoms with E-state index in [9.17, 15) is 4.79 Å². The Kier molecular flexibility index (Phi) is 6.21. The molecule has 0 aliphatic carbocycles. The molecule has 1 aromatic carbocycles. The first-order chi connectivity index (χ1) is 15.1. The lowest BCUT2D eigenvalue weighted by molar-refractivity contribution is 0.198. The van der Waals surface area contributed by atoms with E-state index in [1.54, 1.807) is 30.9 Å². The van der Waals surface area contributed by atoms with Crippen LogP contribution in [0.3, 0.4) is 0 Å². The number of benzene rings is 1. The predicted molar refractivity (Wildman–Crippen MR) is 120 cm³/mol. The summed E-state index contributed by atoms with van der Waals surface area (Å²) < 4.78 is 5.78. The molecule has 1 aliphatic heterocycles. The highest BCUT2D eigenvalue weighted by atomic mass is 16.5. The lowest BCUT2D eigenvalue weighted by Gasteiger charge is -2.33. The summed E-state index contributed by atoms with van der Waals surface area (Å²) in [5.74, 6) is 0.956. The van der Waals surface area contributed by atoms with Crippen LogP contribution in [-0.4, -0.2) is 39.0 Å². The molecule has 2 aromatic heterocycles. The van der Waals surface area contributed by atoms with Crippen molar-refractivity contribution >= 4 is 17.8 Å². The summed E-state index contributed by atoms with van der Waals surface area (Å²) in [6.45, 7) is 5.43. The molecule has 1 fully saturated rings. The lowest BCUT2D eigenvalue weighted by Crippen LogP contribution is -2.42. The Labute approximate surface area is 181 Å². The van der Waals surface area contributed by atoms with E-state index in [-0.39, 0.29) is 11.9 Å². The van der Waals surface area contributed by atoms with Gasteiger partial charge in [0.2, 0.25) is 0 Å². The summed E-state index contributed by atoms with van der Waals surface area (Å²) in [5, 5.41) is 2.91. The molecule has 1 N–H and O–H groups in total. The Hall–Kier alpha value is -3.74. The molecule has 0 saturated carbocycles. The molecule has 0 bridgehead atoms. The number of piperidine rings is 1. The topological polar surface area (TPSA) is 80.2 Å². The summed E-state index contributed by atoms with van der Waals surface area (Å²) >= 11 is 0. The number of aryl methyl sites for hydroxylation is 1. The number of carbonyl (C=O) groups is 1. The molecule has 7 heteroatoms. The van der Waals surface area contributed by atoms with E-state index in [2.05, 4.69) is 33.3 Å². The summed E-state index contributed by atoms with van der Waals surface area (Å²) in [6.07, 6.45) is 9.80. The van der Waals surface area contributed by atoms with Gasteiger partial charge in [-0.15, -0.1) is 0 Å². The summed E-state index contributed by atoms with van der Waals surface area (Å²) in [5.41, 5.74) is 4.06. The zero-order chi connectivity index (χ0) is 21.6. The van der Waals surface area contributed by atoms with Crippen LogP contribution in [0, 0.1) is 12.8 Å². The number of nitrogens with zero attached hydrogens (tertiary/aromatic N) is 4. The number of carbonyl (C=O) groups excluding carboxylic acids is 1. The van der Waals surface area contributed by atoms with Gasteiger partial charge in [0.1, 0.15) is 5.75 Å². The predicted octanol–water partition coefficient (Wildman–Crippen LogP) is 4.93. The normalized spacial score (nSPS) is 17.4. The number of hydrogen-bond acceptors (Lipinski definition) is 5. The smallest absolute Gasteiger partial charge is 0.321 e. The Bertz CT molecular complexity index is 1070. The van der Waals surface area contributed by atoms with E-state index in [1.807, 2.05) is 42.2 Å². The highest BCUT2D eigenvalue weighted by molar-refractivity contribution is 5.89. The van der Waals surface area contributed by atoms with Crippen molar-refractivity contribution in [2.75, 3.05) is 18.4 Å². The quantitative estimate of drug-likeness (QED) is 0.653. The standard InChI is InChI=1S/C24H25N5O2/c1-17-13-26-23(27-14-17)31-22-7-3-5-19(12-22)11-20-8-10-29(16-18(20)2)24(30)28-21-6-4-9-25-15-21/h3-7,9,11-15,18H,8,10,16H2,1-2H3,(H,28,30)/b20-11+. The van der Waals surface area contributed by atoms with Gasteiger partial charge in [-0.1, -0.05) is 30.7 Å². The zero-order valence-electron chi connectivity index (χ0n) is 17.7. The number of rotatable bonds is 4. The molecule has 1 unspecified atom stereocenters. The van der Waals surface area contributed by atoms with Gasteiger partial charge in [0.25, 0.3) is 0 Å². The molecule has 1 saturated heterocycles. The van der Waals surface area contributed by atoms with Crippen molar-refractivity contribution in [2.24, 2.45) is 5.92 Å². The van der Waals surface area contributed by atoms with Gasteiger partial charge in [-0.2, -0.15) is 0 Å². The van der Waals surface area contributed by atoms with Crippen LogP contribution in [0.25, 0.3) is 6.08 Å². The average molecular weight is 415 g/mol. The van der Waals surface area contributed by atoms with E-state index in [1.165, 1.54) is 5.57 Å². The van der Waals surface area contributed by atoms with Gasteiger partial charge in [-0.3, -0.25) is 4.98 Å². The van der Waals surface area contributed by atoms with Gasteiger partial charge >= 0.3 is 12.0 Å². The first-order valence-electron chi connectivity index (χ1n) is 10.3. The summed E-state index contributed by atoms with van der Waals surface area (Å²) in [7, 11) is 0. The minimum Gasteiger partial charge on any atom is -0.424 e.